The van der Waals surface area contributed by atoms with Crippen molar-refractivity contribution in [2.75, 3.05) is 50.8 Å². The van der Waals surface area contributed by atoms with Gasteiger partial charge in [-0.1, -0.05) is 40.9 Å². The highest BCUT2D eigenvalue weighted by atomic mass is 35.5. The number of fused-ring (bicyclic) bond motifs is 1. The molecule has 4 rings (SSSR count). The molecule has 33 heavy (non-hydrogen) atoms. The second-order valence-electron chi connectivity index (χ2n) is 8.01. The van der Waals surface area contributed by atoms with Crippen molar-refractivity contribution in [3.63, 3.8) is 0 Å². The van der Waals surface area contributed by atoms with Crippen LogP contribution in [0.2, 0.25) is 15.1 Å². The van der Waals surface area contributed by atoms with Gasteiger partial charge in [0.05, 0.1) is 21.3 Å². The van der Waals surface area contributed by atoms with Gasteiger partial charge in [0.15, 0.2) is 0 Å². The molecule has 1 fully saturated rings. The first kappa shape index (κ1) is 26.0. The van der Waals surface area contributed by atoms with E-state index in [1.54, 1.807) is 6.07 Å². The minimum absolute atomic E-state index is 0. The molecule has 2 aromatic rings. The Kier molecular flexibility index (Phi) is 9.59. The number of carbonyl (C=O) groups is 1. The molecule has 0 saturated carbocycles. The fraction of sp³-hybridized carbons (Fsp3) is 0.375. The molecule has 0 spiro atoms. The van der Waals surface area contributed by atoms with Crippen LogP contribution in [0.3, 0.4) is 0 Å². The number of amides is 1. The highest BCUT2D eigenvalue weighted by molar-refractivity contribution is 6.43. The number of rotatable bonds is 7. The average molecular weight is 531 g/mol. The summed E-state index contributed by atoms with van der Waals surface area (Å²) in [5.41, 5.74) is 2.47. The van der Waals surface area contributed by atoms with E-state index in [0.717, 1.165) is 62.6 Å². The number of carbonyl (C=O) groups excluding carboxylic acids is 1. The van der Waals surface area contributed by atoms with Crippen LogP contribution < -0.4 is 15.0 Å². The van der Waals surface area contributed by atoms with Gasteiger partial charge in [0.25, 0.3) is 5.91 Å². The van der Waals surface area contributed by atoms with E-state index in [-0.39, 0.29) is 24.9 Å². The predicted octanol–water partition coefficient (Wildman–Crippen LogP) is 5.56. The van der Waals surface area contributed by atoms with E-state index in [0.29, 0.717) is 27.2 Å². The van der Waals surface area contributed by atoms with Crippen molar-refractivity contribution in [2.24, 2.45) is 0 Å². The van der Waals surface area contributed by atoms with E-state index in [4.69, 9.17) is 39.5 Å². The van der Waals surface area contributed by atoms with Crippen LogP contribution in [0.1, 0.15) is 18.4 Å². The van der Waals surface area contributed by atoms with Crippen LogP contribution in [0, 0.1) is 0 Å². The highest BCUT2D eigenvalue weighted by Crippen LogP contribution is 2.33. The lowest BCUT2D eigenvalue weighted by Gasteiger charge is -2.36. The molecule has 0 atom stereocenters. The Bertz CT molecular complexity index is 1010. The van der Waals surface area contributed by atoms with Crippen LogP contribution in [0.4, 0.5) is 5.69 Å². The van der Waals surface area contributed by atoms with Crippen LogP contribution in [-0.4, -0.2) is 56.7 Å². The van der Waals surface area contributed by atoms with Crippen LogP contribution in [0.5, 0.6) is 5.75 Å². The molecule has 1 saturated heterocycles. The smallest absolute Gasteiger partial charge is 0.250 e. The number of nitrogens with one attached hydrogen (secondary N) is 1. The number of anilines is 1. The molecular formula is C24H27Cl4N3O2. The molecule has 2 aliphatic rings. The Morgan fingerprint density at radius 3 is 2.61 bits per heavy atom. The molecule has 0 aromatic heterocycles. The fourth-order valence-corrected chi connectivity index (χ4v) is 4.60. The van der Waals surface area contributed by atoms with Crippen molar-refractivity contribution < 1.29 is 9.53 Å². The average Bonchev–Trinajstić information content (AvgIpc) is 2.80. The third-order valence-corrected chi connectivity index (χ3v) is 6.85. The number of benzene rings is 2. The topological polar surface area (TPSA) is 44.8 Å². The monoisotopic (exact) mass is 529 g/mol. The molecule has 0 bridgehead atoms. The summed E-state index contributed by atoms with van der Waals surface area (Å²) in [7, 11) is 0. The Labute approximate surface area is 216 Å². The first-order valence-corrected chi connectivity index (χ1v) is 12.0. The minimum Gasteiger partial charge on any atom is -0.488 e. The zero-order valence-corrected chi connectivity index (χ0v) is 21.2. The molecular weight excluding hydrogens is 504 g/mol. The van der Waals surface area contributed by atoms with Crippen LogP contribution in [0.25, 0.3) is 6.08 Å². The maximum atomic E-state index is 12.5. The SMILES string of the molecule is Cl.O=C(NCCCCN1CCN(c2cccc(Cl)c2Cl)CC1)C1=Cc2cc(Cl)ccc2OC1. The Morgan fingerprint density at radius 2 is 1.82 bits per heavy atom. The number of unbranched alkanes of at least 4 members (excludes halogenated alkanes) is 1. The van der Waals surface area contributed by atoms with Gasteiger partial charge in [-0.05, 0) is 55.8 Å². The van der Waals surface area contributed by atoms with E-state index >= 15 is 0 Å². The normalized spacial score (nSPS) is 15.7. The minimum atomic E-state index is -0.0809. The van der Waals surface area contributed by atoms with Gasteiger partial charge >= 0.3 is 0 Å². The van der Waals surface area contributed by atoms with Crippen molar-refractivity contribution >= 4 is 64.9 Å². The first-order chi connectivity index (χ1) is 15.5. The third kappa shape index (κ3) is 6.71. The summed E-state index contributed by atoms with van der Waals surface area (Å²) in [6, 6.07) is 11.2. The maximum Gasteiger partial charge on any atom is 0.250 e. The summed E-state index contributed by atoms with van der Waals surface area (Å²) in [5, 5.41) is 4.85. The molecule has 0 radical (unpaired) electrons. The number of piperazine rings is 1. The van der Waals surface area contributed by atoms with Gasteiger partial charge in [0.1, 0.15) is 12.4 Å². The molecule has 2 aromatic carbocycles. The summed E-state index contributed by atoms with van der Waals surface area (Å²) in [4.78, 5) is 17.2. The zero-order chi connectivity index (χ0) is 22.5. The largest absolute Gasteiger partial charge is 0.488 e. The molecule has 1 amide bonds. The van der Waals surface area contributed by atoms with Crippen molar-refractivity contribution in [3.8, 4) is 5.75 Å². The predicted molar refractivity (Wildman–Crippen MR) is 140 cm³/mol. The number of hydrogen-bond donors (Lipinski definition) is 1. The van der Waals surface area contributed by atoms with Crippen LogP contribution in [-0.2, 0) is 4.79 Å². The van der Waals surface area contributed by atoms with Crippen LogP contribution in [0.15, 0.2) is 42.0 Å². The number of ether oxygens (including phenoxy) is 1. The summed E-state index contributed by atoms with van der Waals surface area (Å²) in [6.07, 6.45) is 3.82. The van der Waals surface area contributed by atoms with Gasteiger partial charge in [-0.3, -0.25) is 9.69 Å². The molecule has 5 nitrogen and oxygen atoms in total. The molecule has 0 aliphatic carbocycles. The first-order valence-electron chi connectivity index (χ1n) is 10.8. The van der Waals surface area contributed by atoms with Crippen molar-refractivity contribution in [2.45, 2.75) is 12.8 Å². The standard InChI is InChI=1S/C24H26Cl3N3O2.ClH/c25-19-6-7-22-17(15-19)14-18(16-32-22)24(31)28-8-1-2-9-29-10-12-30(13-11-29)21-5-3-4-20(26)23(21)27;/h3-7,14-15H,1-2,8-13,16H2,(H,28,31);1H. The van der Waals surface area contributed by atoms with E-state index < -0.39 is 0 Å². The van der Waals surface area contributed by atoms with Gasteiger partial charge in [-0.25, -0.2) is 0 Å². The molecule has 2 heterocycles. The summed E-state index contributed by atoms with van der Waals surface area (Å²) >= 11 is 18.5. The fourth-order valence-electron chi connectivity index (χ4n) is 4.00. The van der Waals surface area contributed by atoms with Gasteiger partial charge in [0.2, 0.25) is 0 Å². The van der Waals surface area contributed by atoms with Gasteiger partial charge < -0.3 is 15.0 Å². The lowest BCUT2D eigenvalue weighted by molar-refractivity contribution is -0.117. The molecule has 1 N–H and O–H groups in total. The van der Waals surface area contributed by atoms with Gasteiger partial charge in [0, 0.05) is 43.3 Å². The summed E-state index contributed by atoms with van der Waals surface area (Å²) in [5.74, 6) is 0.673. The Balaban J connectivity index is 0.00000306. The lowest BCUT2D eigenvalue weighted by atomic mass is 10.1. The third-order valence-electron chi connectivity index (χ3n) is 5.81. The quantitative estimate of drug-likeness (QED) is 0.476. The molecule has 9 heteroatoms. The maximum absolute atomic E-state index is 12.5. The summed E-state index contributed by atoms with van der Waals surface area (Å²) in [6.45, 7) is 5.78. The molecule has 0 unspecified atom stereocenters. The molecule has 2 aliphatic heterocycles. The number of hydrogen-bond acceptors (Lipinski definition) is 4. The van der Waals surface area contributed by atoms with Gasteiger partial charge in [-0.2, -0.15) is 0 Å². The van der Waals surface area contributed by atoms with Gasteiger partial charge in [-0.15, -0.1) is 12.4 Å². The lowest BCUT2D eigenvalue weighted by Crippen LogP contribution is -2.46. The second kappa shape index (κ2) is 12.2. The number of nitrogens with zero attached hydrogens (tertiary/aromatic N) is 2. The second-order valence-corrected chi connectivity index (χ2v) is 9.23. The van der Waals surface area contributed by atoms with E-state index in [1.807, 2.05) is 36.4 Å². The van der Waals surface area contributed by atoms with E-state index in [2.05, 4.69) is 15.1 Å². The molecule has 178 valence electrons. The zero-order valence-electron chi connectivity index (χ0n) is 18.2. The Morgan fingerprint density at radius 1 is 1.03 bits per heavy atom. The van der Waals surface area contributed by atoms with E-state index in [1.165, 1.54) is 0 Å². The Hall–Kier alpha value is -1.63. The van der Waals surface area contributed by atoms with E-state index in [9.17, 15) is 4.79 Å². The van der Waals surface area contributed by atoms with Crippen LogP contribution >= 0.6 is 47.2 Å². The highest BCUT2D eigenvalue weighted by Gasteiger charge is 2.20. The van der Waals surface area contributed by atoms with Crippen molar-refractivity contribution in [1.29, 1.82) is 0 Å². The summed E-state index contributed by atoms with van der Waals surface area (Å²) < 4.78 is 5.66. The van der Waals surface area contributed by atoms with Crippen molar-refractivity contribution in [1.82, 2.24) is 10.2 Å². The van der Waals surface area contributed by atoms with Crippen molar-refractivity contribution in [3.05, 3.63) is 62.6 Å². The number of halogens is 4.